The van der Waals surface area contributed by atoms with Gasteiger partial charge in [0.15, 0.2) is 0 Å². The van der Waals surface area contributed by atoms with Gasteiger partial charge in [-0.1, -0.05) is 6.92 Å². The van der Waals surface area contributed by atoms with Crippen molar-refractivity contribution in [3.05, 3.63) is 29.3 Å². The van der Waals surface area contributed by atoms with Gasteiger partial charge in [0, 0.05) is 37.8 Å². The van der Waals surface area contributed by atoms with E-state index in [1.807, 2.05) is 6.92 Å². The lowest BCUT2D eigenvalue weighted by molar-refractivity contribution is -0.0501. The van der Waals surface area contributed by atoms with Gasteiger partial charge < -0.3 is 19.7 Å². The summed E-state index contributed by atoms with van der Waals surface area (Å²) >= 11 is 0. The van der Waals surface area contributed by atoms with Gasteiger partial charge in [-0.25, -0.2) is 13.6 Å². The molecule has 1 aromatic carbocycles. The van der Waals surface area contributed by atoms with Crippen LogP contribution in [0.4, 0.5) is 22.4 Å². The second-order valence-electron chi connectivity index (χ2n) is 5.26. The topological polar surface area (TPSA) is 50.8 Å². The molecule has 1 unspecified atom stereocenters. The molecule has 24 heavy (non-hydrogen) atoms. The first-order chi connectivity index (χ1) is 11.4. The summed E-state index contributed by atoms with van der Waals surface area (Å²) in [5.74, 6) is -2.88. The van der Waals surface area contributed by atoms with Gasteiger partial charge in [0.1, 0.15) is 24.0 Å². The predicted octanol–water partition coefficient (Wildman–Crippen LogP) is 2.89. The zero-order valence-electron chi connectivity index (χ0n) is 13.0. The quantitative estimate of drug-likeness (QED) is 0.830. The van der Waals surface area contributed by atoms with Crippen LogP contribution < -0.4 is 10.1 Å². The predicted molar refractivity (Wildman–Crippen MR) is 76.8 cm³/mol. The van der Waals surface area contributed by atoms with Crippen molar-refractivity contribution in [3.63, 3.8) is 0 Å². The van der Waals surface area contributed by atoms with Gasteiger partial charge in [-0.15, -0.1) is 0 Å². The number of carbonyl (C=O) groups excluding carboxylic acids is 1. The first kappa shape index (κ1) is 18.3. The summed E-state index contributed by atoms with van der Waals surface area (Å²) in [5, 5.41) is 3.14. The summed E-state index contributed by atoms with van der Waals surface area (Å²) in [7, 11) is 0. The number of nitrogens with one attached hydrogen (secondary N) is 1. The van der Waals surface area contributed by atoms with Crippen LogP contribution in [0, 0.1) is 11.6 Å². The number of hydrogen-bond donors (Lipinski definition) is 1. The van der Waals surface area contributed by atoms with Crippen molar-refractivity contribution >= 4 is 6.09 Å². The molecule has 1 aromatic rings. The van der Waals surface area contributed by atoms with Gasteiger partial charge in [-0.2, -0.15) is 8.78 Å². The Morgan fingerprint density at radius 2 is 2.04 bits per heavy atom. The molecule has 1 amide bonds. The normalized spacial score (nSPS) is 17.9. The molecule has 0 spiro atoms. The molecule has 0 radical (unpaired) electrons. The van der Waals surface area contributed by atoms with Crippen molar-refractivity contribution in [3.8, 4) is 5.75 Å². The molecule has 9 heteroatoms. The van der Waals surface area contributed by atoms with Gasteiger partial charge in [0.2, 0.25) is 0 Å². The first-order valence-electron chi connectivity index (χ1n) is 7.49. The fraction of sp³-hybridized carbons (Fsp3) is 0.533. The number of rotatable bonds is 5. The van der Waals surface area contributed by atoms with Crippen LogP contribution in [-0.4, -0.2) is 43.3 Å². The van der Waals surface area contributed by atoms with Gasteiger partial charge in [0.05, 0.1) is 5.56 Å². The van der Waals surface area contributed by atoms with Crippen LogP contribution in [0.5, 0.6) is 5.75 Å². The summed E-state index contributed by atoms with van der Waals surface area (Å²) in [6.45, 7) is -0.248. The van der Waals surface area contributed by atoms with Gasteiger partial charge in [0.25, 0.3) is 0 Å². The number of carbonyl (C=O) groups is 1. The molecule has 1 atom stereocenters. The molecule has 1 fully saturated rings. The van der Waals surface area contributed by atoms with Crippen LogP contribution in [0.2, 0.25) is 0 Å². The molecule has 5 nitrogen and oxygen atoms in total. The van der Waals surface area contributed by atoms with Crippen molar-refractivity contribution in [2.45, 2.75) is 32.6 Å². The van der Waals surface area contributed by atoms with Crippen LogP contribution >= 0.6 is 0 Å². The number of alkyl halides is 2. The number of benzene rings is 1. The highest BCUT2D eigenvalue weighted by atomic mass is 19.3. The number of amides is 1. The molecular formula is C15H18F4N2O3. The maximum absolute atomic E-state index is 13.8. The summed E-state index contributed by atoms with van der Waals surface area (Å²) in [5.41, 5.74) is -0.520. The molecule has 1 N–H and O–H groups in total. The zero-order valence-corrected chi connectivity index (χ0v) is 13.0. The number of hydrogen-bond acceptors (Lipinski definition) is 4. The third kappa shape index (κ3) is 4.50. The minimum Gasteiger partial charge on any atom is -0.444 e. The van der Waals surface area contributed by atoms with Crippen molar-refractivity contribution in [1.82, 2.24) is 10.2 Å². The van der Waals surface area contributed by atoms with Crippen LogP contribution in [0.25, 0.3) is 0 Å². The van der Waals surface area contributed by atoms with E-state index in [1.54, 1.807) is 0 Å². The van der Waals surface area contributed by atoms with E-state index in [1.165, 1.54) is 4.90 Å². The number of piperazine rings is 1. The Balaban J connectivity index is 2.02. The Kier molecular flexibility index (Phi) is 6.24. The average molecular weight is 350 g/mol. The van der Waals surface area contributed by atoms with E-state index < -0.39 is 42.3 Å². The van der Waals surface area contributed by atoms with E-state index in [0.717, 1.165) is 0 Å². The lowest BCUT2D eigenvalue weighted by Crippen LogP contribution is -2.53. The molecule has 1 aliphatic rings. The monoisotopic (exact) mass is 350 g/mol. The lowest BCUT2D eigenvalue weighted by Gasteiger charge is -2.34. The molecule has 1 heterocycles. The Bertz CT molecular complexity index is 563. The number of nitrogens with zero attached hydrogens (tertiary/aromatic N) is 1. The van der Waals surface area contributed by atoms with Gasteiger partial charge >= 0.3 is 12.7 Å². The highest BCUT2D eigenvalue weighted by Crippen LogP contribution is 2.23. The molecule has 1 aliphatic heterocycles. The molecule has 134 valence electrons. The summed E-state index contributed by atoms with van der Waals surface area (Å²) in [4.78, 5) is 13.6. The van der Waals surface area contributed by atoms with Crippen molar-refractivity contribution in [2.24, 2.45) is 0 Å². The third-order valence-electron chi connectivity index (χ3n) is 3.74. The minimum atomic E-state index is -3.19. The lowest BCUT2D eigenvalue weighted by atomic mass is 10.1. The fourth-order valence-corrected chi connectivity index (χ4v) is 2.47. The first-order valence-corrected chi connectivity index (χ1v) is 7.49. The second-order valence-corrected chi connectivity index (χ2v) is 5.26. The molecular weight excluding hydrogens is 332 g/mol. The number of halogens is 4. The molecule has 0 bridgehead atoms. The maximum Gasteiger partial charge on any atom is 0.410 e. The molecule has 0 aromatic heterocycles. The Hall–Kier alpha value is -2.03. The number of ether oxygens (including phenoxy) is 2. The van der Waals surface area contributed by atoms with Gasteiger partial charge in [-0.3, -0.25) is 0 Å². The highest BCUT2D eigenvalue weighted by molar-refractivity contribution is 5.68. The van der Waals surface area contributed by atoms with Crippen LogP contribution in [0.1, 0.15) is 18.9 Å². The smallest absolute Gasteiger partial charge is 0.410 e. The Morgan fingerprint density at radius 1 is 1.38 bits per heavy atom. The van der Waals surface area contributed by atoms with Gasteiger partial charge in [-0.05, 0) is 6.42 Å². The second kappa shape index (κ2) is 8.18. The molecule has 2 rings (SSSR count). The largest absolute Gasteiger partial charge is 0.444 e. The minimum absolute atomic E-state index is 0.0530. The van der Waals surface area contributed by atoms with Crippen LogP contribution in [-0.2, 0) is 11.3 Å². The zero-order chi connectivity index (χ0) is 17.7. The van der Waals surface area contributed by atoms with E-state index >= 15 is 0 Å². The van der Waals surface area contributed by atoms with Crippen molar-refractivity contribution in [2.75, 3.05) is 19.6 Å². The SMILES string of the molecule is CCC1CNCCN1C(=O)OCc1c(F)cc(OC(F)F)cc1F. The van der Waals surface area contributed by atoms with E-state index in [0.29, 0.717) is 38.2 Å². The fourth-order valence-electron chi connectivity index (χ4n) is 2.47. The molecule has 1 saturated heterocycles. The van der Waals surface area contributed by atoms with E-state index in [9.17, 15) is 22.4 Å². The molecule has 0 aliphatic carbocycles. The van der Waals surface area contributed by atoms with Crippen molar-refractivity contribution in [1.29, 1.82) is 0 Å². The maximum atomic E-state index is 13.8. The standard InChI is InChI=1S/C15H18F4N2O3/c1-2-9-7-20-3-4-21(9)15(22)23-8-11-12(16)5-10(6-13(11)17)24-14(18)19/h5-6,9,14,20H,2-4,7-8H2,1H3. The summed E-state index contributed by atoms with van der Waals surface area (Å²) < 4.78 is 60.7. The van der Waals surface area contributed by atoms with E-state index in [4.69, 9.17) is 4.74 Å². The Morgan fingerprint density at radius 3 is 2.62 bits per heavy atom. The van der Waals surface area contributed by atoms with Crippen LogP contribution in [0.3, 0.4) is 0 Å². The average Bonchev–Trinajstić information content (AvgIpc) is 2.53. The molecule has 0 saturated carbocycles. The Labute approximate surface area is 136 Å². The van der Waals surface area contributed by atoms with E-state index in [2.05, 4.69) is 10.1 Å². The van der Waals surface area contributed by atoms with Crippen LogP contribution in [0.15, 0.2) is 12.1 Å². The third-order valence-corrected chi connectivity index (χ3v) is 3.74. The summed E-state index contributed by atoms with van der Waals surface area (Å²) in [6, 6.07) is 1.19. The van der Waals surface area contributed by atoms with Crippen molar-refractivity contribution < 1.29 is 31.8 Å². The highest BCUT2D eigenvalue weighted by Gasteiger charge is 2.27. The summed E-state index contributed by atoms with van der Waals surface area (Å²) in [6.07, 6.45) is 0.0415. The van der Waals surface area contributed by atoms with E-state index in [-0.39, 0.29) is 6.04 Å².